The van der Waals surface area contributed by atoms with Crippen LogP contribution in [-0.4, -0.2) is 45.2 Å². The van der Waals surface area contributed by atoms with Gasteiger partial charge in [0.15, 0.2) is 5.16 Å². The van der Waals surface area contributed by atoms with E-state index >= 15 is 0 Å². The molecule has 7 heteroatoms. The van der Waals surface area contributed by atoms with E-state index in [1.54, 1.807) is 0 Å². The summed E-state index contributed by atoms with van der Waals surface area (Å²) < 4.78 is 1.96. The number of hydrogen-bond donors (Lipinski definition) is 1. The standard InChI is InChI=1S/C12H22N4O2S/c1-4-6-7-8-15(3)11-13-14-12(16(11)5-2)19-9-10(17)18/h4-9H2,1-3H3,(H,17,18). The van der Waals surface area contributed by atoms with Gasteiger partial charge in [-0.3, -0.25) is 9.36 Å². The average molecular weight is 286 g/mol. The first-order chi connectivity index (χ1) is 9.10. The SMILES string of the molecule is CCCCCN(C)c1nnc(SCC(=O)O)n1CC. The van der Waals surface area contributed by atoms with Gasteiger partial charge in [0.2, 0.25) is 5.95 Å². The van der Waals surface area contributed by atoms with Crippen molar-refractivity contribution in [1.29, 1.82) is 0 Å². The highest BCUT2D eigenvalue weighted by atomic mass is 32.2. The molecular weight excluding hydrogens is 264 g/mol. The molecule has 1 N–H and O–H groups in total. The second-order valence-electron chi connectivity index (χ2n) is 4.34. The highest BCUT2D eigenvalue weighted by Gasteiger charge is 2.15. The van der Waals surface area contributed by atoms with Crippen LogP contribution in [0.3, 0.4) is 0 Å². The van der Waals surface area contributed by atoms with Gasteiger partial charge in [0, 0.05) is 20.1 Å². The molecule has 19 heavy (non-hydrogen) atoms. The van der Waals surface area contributed by atoms with Gasteiger partial charge in [0.05, 0.1) is 5.75 Å². The Morgan fingerprint density at radius 1 is 1.37 bits per heavy atom. The Hall–Kier alpha value is -1.24. The number of anilines is 1. The van der Waals surface area contributed by atoms with Crippen LogP contribution in [0.1, 0.15) is 33.1 Å². The lowest BCUT2D eigenvalue weighted by molar-refractivity contribution is -0.133. The van der Waals surface area contributed by atoms with E-state index in [1.807, 2.05) is 18.5 Å². The molecule has 0 aromatic carbocycles. The first-order valence-corrected chi connectivity index (χ1v) is 7.57. The second kappa shape index (κ2) is 8.04. The van der Waals surface area contributed by atoms with Crippen molar-refractivity contribution in [2.24, 2.45) is 0 Å². The number of aliphatic carboxylic acids is 1. The lowest BCUT2D eigenvalue weighted by Gasteiger charge is -2.18. The van der Waals surface area contributed by atoms with Crippen molar-refractivity contribution in [1.82, 2.24) is 14.8 Å². The van der Waals surface area contributed by atoms with Gasteiger partial charge in [-0.05, 0) is 13.3 Å². The van der Waals surface area contributed by atoms with Gasteiger partial charge < -0.3 is 10.0 Å². The van der Waals surface area contributed by atoms with Crippen LogP contribution in [-0.2, 0) is 11.3 Å². The number of hydrogen-bond acceptors (Lipinski definition) is 5. The Kier molecular flexibility index (Phi) is 6.69. The van der Waals surface area contributed by atoms with Crippen molar-refractivity contribution in [2.75, 3.05) is 24.2 Å². The lowest BCUT2D eigenvalue weighted by Crippen LogP contribution is -2.22. The average Bonchev–Trinajstić information content (AvgIpc) is 2.79. The van der Waals surface area contributed by atoms with E-state index in [0.717, 1.165) is 25.5 Å². The molecule has 0 amide bonds. The number of carbonyl (C=O) groups is 1. The topological polar surface area (TPSA) is 71.2 Å². The van der Waals surface area contributed by atoms with Crippen LogP contribution in [0.5, 0.6) is 0 Å². The third-order valence-corrected chi connectivity index (χ3v) is 3.73. The minimum atomic E-state index is -0.839. The number of aromatic nitrogens is 3. The minimum absolute atomic E-state index is 0.0116. The van der Waals surface area contributed by atoms with Crippen LogP contribution in [0.25, 0.3) is 0 Å². The third kappa shape index (κ3) is 4.74. The second-order valence-corrected chi connectivity index (χ2v) is 5.28. The lowest BCUT2D eigenvalue weighted by atomic mass is 10.2. The van der Waals surface area contributed by atoms with Gasteiger partial charge in [-0.25, -0.2) is 0 Å². The van der Waals surface area contributed by atoms with E-state index in [2.05, 4.69) is 22.0 Å². The van der Waals surface area contributed by atoms with Gasteiger partial charge in [-0.15, -0.1) is 10.2 Å². The molecule has 0 saturated heterocycles. The number of thioether (sulfide) groups is 1. The normalized spacial score (nSPS) is 10.7. The maximum absolute atomic E-state index is 10.6. The van der Waals surface area contributed by atoms with Gasteiger partial charge in [-0.2, -0.15) is 0 Å². The first-order valence-electron chi connectivity index (χ1n) is 6.59. The van der Waals surface area contributed by atoms with E-state index < -0.39 is 5.97 Å². The van der Waals surface area contributed by atoms with Gasteiger partial charge >= 0.3 is 5.97 Å². The molecule has 1 heterocycles. The monoisotopic (exact) mass is 286 g/mol. The predicted octanol–water partition coefficient (Wildman–Crippen LogP) is 2.10. The maximum atomic E-state index is 10.6. The number of nitrogens with zero attached hydrogens (tertiary/aromatic N) is 4. The molecule has 0 atom stereocenters. The van der Waals surface area contributed by atoms with Crippen LogP contribution in [0.4, 0.5) is 5.95 Å². The van der Waals surface area contributed by atoms with Crippen molar-refractivity contribution in [3.63, 3.8) is 0 Å². The molecule has 6 nitrogen and oxygen atoms in total. The fraction of sp³-hybridized carbons (Fsp3) is 0.750. The Labute approximate surface area is 118 Å². The van der Waals surface area contributed by atoms with E-state index in [9.17, 15) is 4.79 Å². The summed E-state index contributed by atoms with van der Waals surface area (Å²) in [6, 6.07) is 0. The molecule has 1 aromatic heterocycles. The summed E-state index contributed by atoms with van der Waals surface area (Å²) in [5, 5.41) is 17.6. The van der Waals surface area contributed by atoms with Gasteiger partial charge in [0.1, 0.15) is 0 Å². The highest BCUT2D eigenvalue weighted by Crippen LogP contribution is 2.21. The number of rotatable bonds is 9. The van der Waals surface area contributed by atoms with Crippen LogP contribution in [0.2, 0.25) is 0 Å². The Morgan fingerprint density at radius 3 is 2.68 bits per heavy atom. The van der Waals surface area contributed by atoms with E-state index in [-0.39, 0.29) is 5.75 Å². The van der Waals surface area contributed by atoms with E-state index in [4.69, 9.17) is 5.11 Å². The highest BCUT2D eigenvalue weighted by molar-refractivity contribution is 7.99. The fourth-order valence-electron chi connectivity index (χ4n) is 1.77. The van der Waals surface area contributed by atoms with Crippen LogP contribution in [0, 0.1) is 0 Å². The predicted molar refractivity (Wildman–Crippen MR) is 76.9 cm³/mol. The summed E-state index contributed by atoms with van der Waals surface area (Å²) in [6.45, 7) is 5.87. The molecule has 0 aliphatic rings. The molecule has 0 aliphatic carbocycles. The number of carboxylic acid groups (broad SMARTS) is 1. The van der Waals surface area contributed by atoms with Crippen molar-refractivity contribution < 1.29 is 9.90 Å². The molecule has 0 bridgehead atoms. The van der Waals surface area contributed by atoms with Crippen molar-refractivity contribution in [3.05, 3.63) is 0 Å². The molecule has 1 aromatic rings. The molecule has 0 fully saturated rings. The zero-order valence-corrected chi connectivity index (χ0v) is 12.6. The largest absolute Gasteiger partial charge is 0.481 e. The minimum Gasteiger partial charge on any atom is -0.481 e. The first kappa shape index (κ1) is 15.8. The maximum Gasteiger partial charge on any atom is 0.313 e. The van der Waals surface area contributed by atoms with Crippen LogP contribution in [0.15, 0.2) is 5.16 Å². The molecule has 108 valence electrons. The van der Waals surface area contributed by atoms with E-state index in [1.165, 1.54) is 24.6 Å². The molecule has 0 radical (unpaired) electrons. The van der Waals surface area contributed by atoms with Crippen LogP contribution < -0.4 is 4.90 Å². The third-order valence-electron chi connectivity index (χ3n) is 2.78. The zero-order chi connectivity index (χ0) is 14.3. The number of unbranched alkanes of at least 4 members (excludes halogenated alkanes) is 2. The van der Waals surface area contributed by atoms with Gasteiger partial charge in [-0.1, -0.05) is 31.5 Å². The van der Waals surface area contributed by atoms with E-state index in [0.29, 0.717) is 5.16 Å². The summed E-state index contributed by atoms with van der Waals surface area (Å²) in [7, 11) is 2.00. The summed E-state index contributed by atoms with van der Waals surface area (Å²) >= 11 is 1.21. The molecular formula is C12H22N4O2S. The summed E-state index contributed by atoms with van der Waals surface area (Å²) in [5.74, 6) is -0.0162. The Morgan fingerprint density at radius 2 is 2.11 bits per heavy atom. The van der Waals surface area contributed by atoms with Gasteiger partial charge in [0.25, 0.3) is 0 Å². The van der Waals surface area contributed by atoms with Crippen molar-refractivity contribution >= 4 is 23.7 Å². The van der Waals surface area contributed by atoms with Crippen LogP contribution >= 0.6 is 11.8 Å². The fourth-order valence-corrected chi connectivity index (χ4v) is 2.49. The molecule has 0 unspecified atom stereocenters. The number of carboxylic acids is 1. The quantitative estimate of drug-likeness (QED) is 0.554. The Bertz CT molecular complexity index is 408. The summed E-state index contributed by atoms with van der Waals surface area (Å²) in [5.41, 5.74) is 0. The molecule has 1 rings (SSSR count). The zero-order valence-electron chi connectivity index (χ0n) is 11.8. The van der Waals surface area contributed by atoms with Crippen molar-refractivity contribution in [2.45, 2.75) is 44.8 Å². The van der Waals surface area contributed by atoms with Crippen molar-refractivity contribution in [3.8, 4) is 0 Å². The Balaban J connectivity index is 2.69. The molecule has 0 saturated carbocycles. The smallest absolute Gasteiger partial charge is 0.313 e. The molecule has 0 aliphatic heterocycles. The summed E-state index contributed by atoms with van der Waals surface area (Å²) in [6.07, 6.45) is 3.51. The molecule has 0 spiro atoms. The summed E-state index contributed by atoms with van der Waals surface area (Å²) in [4.78, 5) is 12.7.